The zero-order valence-electron chi connectivity index (χ0n) is 5.64. The van der Waals surface area contributed by atoms with E-state index in [0.717, 1.165) is 25.9 Å². The number of rotatable bonds is 0. The molecular formula is C6H11CuNO2. The topological polar surface area (TPSA) is 40.5 Å². The second-order valence-electron chi connectivity index (χ2n) is 2.33. The maximum atomic E-state index is 10.3. The smallest absolute Gasteiger partial charge is 0.407 e. The monoisotopic (exact) mass is 192 g/mol. The molecule has 1 N–H and O–H groups in total. The number of likely N-dealkylation sites (tertiary alicyclic amines) is 1. The van der Waals surface area contributed by atoms with Gasteiger partial charge in [0.1, 0.15) is 0 Å². The Kier molecular flexibility index (Phi) is 4.48. The Morgan fingerprint density at radius 2 is 1.70 bits per heavy atom. The summed E-state index contributed by atoms with van der Waals surface area (Å²) in [6, 6.07) is 0. The van der Waals surface area contributed by atoms with Crippen molar-refractivity contribution in [2.45, 2.75) is 19.3 Å². The third-order valence-electron chi connectivity index (χ3n) is 1.63. The largest absolute Gasteiger partial charge is 0.465 e. The molecule has 10 heavy (non-hydrogen) atoms. The van der Waals surface area contributed by atoms with E-state index in [1.165, 1.54) is 11.3 Å². The van der Waals surface area contributed by atoms with Crippen molar-refractivity contribution in [2.75, 3.05) is 13.1 Å². The minimum absolute atomic E-state index is 0. The standard InChI is InChI=1S/C6H11NO2.Cu/c8-6(9)7-4-2-1-3-5-7;/h1-5H2,(H,8,9);. The molecule has 0 aromatic rings. The van der Waals surface area contributed by atoms with Crippen LogP contribution in [0, 0.1) is 0 Å². The van der Waals surface area contributed by atoms with Crippen LogP contribution in [0.15, 0.2) is 0 Å². The van der Waals surface area contributed by atoms with Gasteiger partial charge in [-0.15, -0.1) is 0 Å². The molecular weight excluding hydrogens is 182 g/mol. The molecule has 1 aliphatic heterocycles. The van der Waals surface area contributed by atoms with Gasteiger partial charge in [0, 0.05) is 30.2 Å². The van der Waals surface area contributed by atoms with Crippen LogP contribution in [0.2, 0.25) is 0 Å². The van der Waals surface area contributed by atoms with E-state index in [1.807, 2.05) is 0 Å². The van der Waals surface area contributed by atoms with Crippen LogP contribution in [-0.4, -0.2) is 29.2 Å². The Morgan fingerprint density at radius 3 is 2.00 bits per heavy atom. The molecule has 0 bridgehead atoms. The van der Waals surface area contributed by atoms with Gasteiger partial charge < -0.3 is 10.0 Å². The number of carboxylic acid groups (broad SMARTS) is 1. The normalized spacial score (nSPS) is 17.8. The van der Waals surface area contributed by atoms with Crippen molar-refractivity contribution in [3.05, 3.63) is 0 Å². The predicted molar refractivity (Wildman–Crippen MR) is 33.4 cm³/mol. The fraction of sp³-hybridized carbons (Fsp3) is 0.833. The minimum Gasteiger partial charge on any atom is -0.465 e. The van der Waals surface area contributed by atoms with Gasteiger partial charge in [0.15, 0.2) is 0 Å². The van der Waals surface area contributed by atoms with E-state index in [-0.39, 0.29) is 17.1 Å². The molecule has 1 saturated heterocycles. The Hall–Kier alpha value is -0.211. The Balaban J connectivity index is 0.000000810. The van der Waals surface area contributed by atoms with Gasteiger partial charge in [-0.1, -0.05) is 0 Å². The van der Waals surface area contributed by atoms with E-state index < -0.39 is 6.09 Å². The molecule has 1 radical (unpaired) electrons. The van der Waals surface area contributed by atoms with Crippen LogP contribution in [0.3, 0.4) is 0 Å². The first-order valence-corrected chi connectivity index (χ1v) is 3.28. The van der Waals surface area contributed by atoms with Crippen molar-refractivity contribution in [1.29, 1.82) is 0 Å². The second kappa shape index (κ2) is 4.58. The molecule has 1 amide bonds. The fourth-order valence-corrected chi connectivity index (χ4v) is 1.09. The van der Waals surface area contributed by atoms with Crippen molar-refractivity contribution in [3.8, 4) is 0 Å². The van der Waals surface area contributed by atoms with Crippen molar-refractivity contribution in [2.24, 2.45) is 0 Å². The molecule has 0 aromatic carbocycles. The van der Waals surface area contributed by atoms with Crippen LogP contribution in [-0.2, 0) is 17.1 Å². The summed E-state index contributed by atoms with van der Waals surface area (Å²) in [6.45, 7) is 1.46. The van der Waals surface area contributed by atoms with E-state index in [1.54, 1.807) is 0 Å². The quantitative estimate of drug-likeness (QED) is 0.585. The molecule has 4 heteroatoms. The zero-order chi connectivity index (χ0) is 6.69. The Morgan fingerprint density at radius 1 is 1.20 bits per heavy atom. The van der Waals surface area contributed by atoms with Gasteiger partial charge in [0.05, 0.1) is 0 Å². The van der Waals surface area contributed by atoms with E-state index >= 15 is 0 Å². The van der Waals surface area contributed by atoms with Crippen molar-refractivity contribution < 1.29 is 27.0 Å². The maximum Gasteiger partial charge on any atom is 0.407 e. The summed E-state index contributed by atoms with van der Waals surface area (Å²) in [7, 11) is 0. The number of hydrogen-bond acceptors (Lipinski definition) is 1. The molecule has 0 spiro atoms. The maximum absolute atomic E-state index is 10.3. The van der Waals surface area contributed by atoms with Crippen LogP contribution < -0.4 is 0 Å². The van der Waals surface area contributed by atoms with E-state index in [4.69, 9.17) is 5.11 Å². The molecule has 3 nitrogen and oxygen atoms in total. The molecule has 63 valence electrons. The summed E-state index contributed by atoms with van der Waals surface area (Å²) in [5.41, 5.74) is 0. The summed E-state index contributed by atoms with van der Waals surface area (Å²) in [5, 5.41) is 8.46. The fourth-order valence-electron chi connectivity index (χ4n) is 1.09. The van der Waals surface area contributed by atoms with Gasteiger partial charge in [-0.25, -0.2) is 4.79 Å². The van der Waals surface area contributed by atoms with Crippen LogP contribution in [0.4, 0.5) is 4.79 Å². The molecule has 0 saturated carbocycles. The van der Waals surface area contributed by atoms with Gasteiger partial charge in [0.2, 0.25) is 0 Å². The SMILES string of the molecule is O=C(O)N1CCCCC1.[Cu]. The predicted octanol–water partition coefficient (Wildman–Crippen LogP) is 1.15. The Bertz CT molecular complexity index is 112. The third kappa shape index (κ3) is 2.58. The molecule has 1 rings (SSSR count). The first-order valence-electron chi connectivity index (χ1n) is 3.28. The molecule has 1 aliphatic rings. The van der Waals surface area contributed by atoms with Crippen molar-refractivity contribution in [1.82, 2.24) is 4.90 Å². The number of hydrogen-bond donors (Lipinski definition) is 1. The summed E-state index contributed by atoms with van der Waals surface area (Å²) in [5.74, 6) is 0. The molecule has 1 fully saturated rings. The summed E-state index contributed by atoms with van der Waals surface area (Å²) < 4.78 is 0. The van der Waals surface area contributed by atoms with Crippen molar-refractivity contribution in [3.63, 3.8) is 0 Å². The average Bonchev–Trinajstić information content (AvgIpc) is 1.90. The number of carbonyl (C=O) groups is 1. The Labute approximate surface area is 70.9 Å². The number of piperidine rings is 1. The molecule has 0 unspecified atom stereocenters. The first kappa shape index (κ1) is 9.79. The molecule has 0 aromatic heterocycles. The van der Waals surface area contributed by atoms with E-state index in [0.29, 0.717) is 0 Å². The van der Waals surface area contributed by atoms with E-state index in [9.17, 15) is 4.79 Å². The van der Waals surface area contributed by atoms with Gasteiger partial charge in [-0.05, 0) is 19.3 Å². The second-order valence-corrected chi connectivity index (χ2v) is 2.33. The van der Waals surface area contributed by atoms with Crippen LogP contribution in [0.1, 0.15) is 19.3 Å². The number of nitrogens with zero attached hydrogens (tertiary/aromatic N) is 1. The summed E-state index contributed by atoms with van der Waals surface area (Å²) in [4.78, 5) is 11.8. The summed E-state index contributed by atoms with van der Waals surface area (Å²) in [6.07, 6.45) is 2.48. The molecule has 0 atom stereocenters. The van der Waals surface area contributed by atoms with Gasteiger partial charge in [-0.2, -0.15) is 0 Å². The first-order chi connectivity index (χ1) is 4.30. The minimum atomic E-state index is -0.769. The molecule has 1 heterocycles. The third-order valence-corrected chi connectivity index (χ3v) is 1.63. The summed E-state index contributed by atoms with van der Waals surface area (Å²) >= 11 is 0. The van der Waals surface area contributed by atoms with Gasteiger partial charge in [0.25, 0.3) is 0 Å². The van der Waals surface area contributed by atoms with Gasteiger partial charge in [-0.3, -0.25) is 0 Å². The van der Waals surface area contributed by atoms with Crippen LogP contribution in [0.25, 0.3) is 0 Å². The van der Waals surface area contributed by atoms with Crippen LogP contribution >= 0.6 is 0 Å². The molecule has 0 aliphatic carbocycles. The van der Waals surface area contributed by atoms with Crippen LogP contribution in [0.5, 0.6) is 0 Å². The average molecular weight is 193 g/mol. The van der Waals surface area contributed by atoms with Gasteiger partial charge >= 0.3 is 6.09 Å². The van der Waals surface area contributed by atoms with E-state index in [2.05, 4.69) is 0 Å². The van der Waals surface area contributed by atoms with Crippen molar-refractivity contribution >= 4 is 6.09 Å². The zero-order valence-corrected chi connectivity index (χ0v) is 6.58. The number of amides is 1.